The molecule has 2 fully saturated rings. The first-order chi connectivity index (χ1) is 16.5. The molecule has 3 heterocycles. The molecular formula is C24H31ClN4O5. The van der Waals surface area contributed by atoms with Gasteiger partial charge in [-0.2, -0.15) is 5.10 Å². The van der Waals surface area contributed by atoms with Gasteiger partial charge in [0.2, 0.25) is 5.91 Å². The van der Waals surface area contributed by atoms with Gasteiger partial charge in [-0.25, -0.2) is 0 Å². The Balaban J connectivity index is 1.51. The first-order valence-electron chi connectivity index (χ1n) is 11.7. The molecule has 184 valence electrons. The van der Waals surface area contributed by atoms with E-state index in [2.05, 4.69) is 12.0 Å². The van der Waals surface area contributed by atoms with E-state index in [1.165, 1.54) is 0 Å². The molecule has 2 aromatic rings. The summed E-state index contributed by atoms with van der Waals surface area (Å²) in [6.45, 7) is 5.99. The minimum absolute atomic E-state index is 0.0421. The summed E-state index contributed by atoms with van der Waals surface area (Å²) in [5.74, 6) is 0.361. The number of halogens is 1. The molecule has 1 unspecified atom stereocenters. The Hall–Kier alpha value is -2.62. The van der Waals surface area contributed by atoms with E-state index in [9.17, 15) is 9.59 Å². The lowest BCUT2D eigenvalue weighted by molar-refractivity contribution is -0.155. The van der Waals surface area contributed by atoms with Gasteiger partial charge in [-0.05, 0) is 30.7 Å². The Labute approximate surface area is 204 Å². The highest BCUT2D eigenvalue weighted by Crippen LogP contribution is 2.27. The van der Waals surface area contributed by atoms with Crippen LogP contribution in [0.3, 0.4) is 0 Å². The third-order valence-electron chi connectivity index (χ3n) is 5.98. The SMILES string of the molecule is CCCn1ccc(C(=O)N2CCOC(COc3cccc(Cl)c3)(CC(=O)N3CCOCC3)C2)n1. The van der Waals surface area contributed by atoms with Gasteiger partial charge in [0.1, 0.15) is 23.7 Å². The molecule has 0 bridgehead atoms. The third kappa shape index (κ3) is 6.08. The van der Waals surface area contributed by atoms with Crippen molar-refractivity contribution in [2.24, 2.45) is 0 Å². The van der Waals surface area contributed by atoms with Crippen molar-refractivity contribution in [3.8, 4) is 5.75 Å². The zero-order valence-corrected chi connectivity index (χ0v) is 20.2. The van der Waals surface area contributed by atoms with Gasteiger partial charge in [0.15, 0.2) is 0 Å². The Morgan fingerprint density at radius 3 is 2.71 bits per heavy atom. The van der Waals surface area contributed by atoms with Crippen LogP contribution in [0, 0.1) is 0 Å². The predicted octanol–water partition coefficient (Wildman–Crippen LogP) is 2.49. The molecule has 1 aromatic carbocycles. The lowest BCUT2D eigenvalue weighted by Crippen LogP contribution is -2.58. The number of morpholine rings is 2. The molecule has 0 spiro atoms. The monoisotopic (exact) mass is 490 g/mol. The van der Waals surface area contributed by atoms with Crippen molar-refractivity contribution in [3.63, 3.8) is 0 Å². The molecule has 9 nitrogen and oxygen atoms in total. The van der Waals surface area contributed by atoms with Crippen molar-refractivity contribution in [2.45, 2.75) is 31.9 Å². The summed E-state index contributed by atoms with van der Waals surface area (Å²) in [5, 5.41) is 4.97. The van der Waals surface area contributed by atoms with Gasteiger partial charge in [0, 0.05) is 37.4 Å². The summed E-state index contributed by atoms with van der Waals surface area (Å²) < 4.78 is 19.4. The molecule has 0 saturated carbocycles. The Morgan fingerprint density at radius 1 is 1.15 bits per heavy atom. The normalized spacial score (nSPS) is 20.9. The maximum Gasteiger partial charge on any atom is 0.274 e. The van der Waals surface area contributed by atoms with E-state index in [-0.39, 0.29) is 31.4 Å². The highest BCUT2D eigenvalue weighted by Gasteiger charge is 2.43. The number of hydrogen-bond donors (Lipinski definition) is 0. The van der Waals surface area contributed by atoms with Gasteiger partial charge >= 0.3 is 0 Å². The lowest BCUT2D eigenvalue weighted by Gasteiger charge is -2.43. The van der Waals surface area contributed by atoms with Crippen LogP contribution in [-0.2, 0) is 20.8 Å². The van der Waals surface area contributed by atoms with Gasteiger partial charge in [-0.1, -0.05) is 24.6 Å². The van der Waals surface area contributed by atoms with Crippen LogP contribution < -0.4 is 4.74 Å². The van der Waals surface area contributed by atoms with Crippen LogP contribution in [0.2, 0.25) is 5.02 Å². The number of aryl methyl sites for hydroxylation is 1. The lowest BCUT2D eigenvalue weighted by atomic mass is 9.96. The largest absolute Gasteiger partial charge is 0.490 e. The second-order valence-corrected chi connectivity index (χ2v) is 9.07. The zero-order chi connectivity index (χ0) is 24.0. The van der Waals surface area contributed by atoms with E-state index in [1.807, 2.05) is 6.20 Å². The molecular weight excluding hydrogens is 460 g/mol. The standard InChI is InChI=1S/C24H31ClN4O5/c1-2-7-29-8-6-21(26-29)23(31)28-11-14-34-24(17-28,16-22(30)27-9-12-32-13-10-27)18-33-20-5-3-4-19(25)15-20/h3-6,8,15H,2,7,9-14,16-18H2,1H3. The molecule has 4 rings (SSSR count). The van der Waals surface area contributed by atoms with E-state index >= 15 is 0 Å². The van der Waals surface area contributed by atoms with Crippen LogP contribution in [0.15, 0.2) is 36.5 Å². The second kappa shape index (κ2) is 11.2. The first-order valence-corrected chi connectivity index (χ1v) is 12.1. The number of benzene rings is 1. The number of carbonyl (C=O) groups is 2. The minimum atomic E-state index is -0.988. The molecule has 1 aromatic heterocycles. The third-order valence-corrected chi connectivity index (χ3v) is 6.22. The van der Waals surface area contributed by atoms with Gasteiger partial charge < -0.3 is 24.0 Å². The summed E-state index contributed by atoms with van der Waals surface area (Å²) in [5.41, 5.74) is -0.600. The number of ether oxygens (including phenoxy) is 3. The second-order valence-electron chi connectivity index (χ2n) is 8.64. The number of hydrogen-bond acceptors (Lipinski definition) is 6. The van der Waals surface area contributed by atoms with Crippen LogP contribution in [0.4, 0.5) is 0 Å². The molecule has 2 amide bonds. The summed E-state index contributed by atoms with van der Waals surface area (Å²) in [6, 6.07) is 8.81. The fourth-order valence-electron chi connectivity index (χ4n) is 4.23. The molecule has 0 aliphatic carbocycles. The topological polar surface area (TPSA) is 86.1 Å². The van der Waals surface area contributed by atoms with Gasteiger partial charge in [0.25, 0.3) is 5.91 Å². The molecule has 2 aliphatic rings. The van der Waals surface area contributed by atoms with E-state index in [0.717, 1.165) is 13.0 Å². The van der Waals surface area contributed by atoms with Crippen molar-refractivity contribution >= 4 is 23.4 Å². The van der Waals surface area contributed by atoms with Crippen molar-refractivity contribution < 1.29 is 23.8 Å². The molecule has 1 atom stereocenters. The molecule has 10 heteroatoms. The van der Waals surface area contributed by atoms with E-state index in [4.69, 9.17) is 25.8 Å². The van der Waals surface area contributed by atoms with Crippen LogP contribution in [0.5, 0.6) is 5.75 Å². The van der Waals surface area contributed by atoms with E-state index < -0.39 is 5.60 Å². The summed E-state index contributed by atoms with van der Waals surface area (Å²) >= 11 is 6.10. The summed E-state index contributed by atoms with van der Waals surface area (Å²) in [6.07, 6.45) is 2.84. The highest BCUT2D eigenvalue weighted by molar-refractivity contribution is 6.30. The maximum atomic E-state index is 13.2. The average molecular weight is 491 g/mol. The van der Waals surface area contributed by atoms with Crippen molar-refractivity contribution in [3.05, 3.63) is 47.2 Å². The number of amides is 2. The average Bonchev–Trinajstić information content (AvgIpc) is 3.32. The molecule has 2 aliphatic heterocycles. The maximum absolute atomic E-state index is 13.2. The Morgan fingerprint density at radius 2 is 1.94 bits per heavy atom. The van der Waals surface area contributed by atoms with Crippen LogP contribution in [0.25, 0.3) is 0 Å². The van der Waals surface area contributed by atoms with Gasteiger partial charge in [-0.15, -0.1) is 0 Å². The molecule has 0 radical (unpaired) electrons. The quantitative estimate of drug-likeness (QED) is 0.565. The predicted molar refractivity (Wildman–Crippen MR) is 126 cm³/mol. The van der Waals surface area contributed by atoms with Crippen LogP contribution in [0.1, 0.15) is 30.3 Å². The van der Waals surface area contributed by atoms with E-state index in [0.29, 0.717) is 55.9 Å². The van der Waals surface area contributed by atoms with Crippen LogP contribution >= 0.6 is 11.6 Å². The molecule has 2 saturated heterocycles. The van der Waals surface area contributed by atoms with E-state index in [1.54, 1.807) is 44.8 Å². The highest BCUT2D eigenvalue weighted by atomic mass is 35.5. The zero-order valence-electron chi connectivity index (χ0n) is 19.5. The van der Waals surface area contributed by atoms with Crippen molar-refractivity contribution in [1.82, 2.24) is 19.6 Å². The number of aromatic nitrogens is 2. The fraction of sp³-hybridized carbons (Fsp3) is 0.542. The molecule has 0 N–H and O–H groups in total. The number of carbonyl (C=O) groups excluding carboxylic acids is 2. The first kappa shape index (κ1) is 24.5. The van der Waals surface area contributed by atoms with Crippen molar-refractivity contribution in [1.29, 1.82) is 0 Å². The smallest absolute Gasteiger partial charge is 0.274 e. The molecule has 34 heavy (non-hydrogen) atoms. The van der Waals surface area contributed by atoms with Gasteiger partial charge in [0.05, 0.1) is 32.8 Å². The Bertz CT molecular complexity index is 993. The van der Waals surface area contributed by atoms with Crippen LogP contribution in [-0.4, -0.2) is 89.6 Å². The van der Waals surface area contributed by atoms with Gasteiger partial charge in [-0.3, -0.25) is 14.3 Å². The number of rotatable bonds is 8. The van der Waals surface area contributed by atoms with Crippen molar-refractivity contribution in [2.75, 3.05) is 52.6 Å². The fourth-order valence-corrected chi connectivity index (χ4v) is 4.41. The Kier molecular flexibility index (Phi) is 8.07. The summed E-state index contributed by atoms with van der Waals surface area (Å²) in [7, 11) is 0. The summed E-state index contributed by atoms with van der Waals surface area (Å²) in [4.78, 5) is 29.9. The minimum Gasteiger partial charge on any atom is -0.490 e. The number of nitrogens with zero attached hydrogens (tertiary/aromatic N) is 4.